The lowest BCUT2D eigenvalue weighted by Gasteiger charge is -2.57. The van der Waals surface area contributed by atoms with Gasteiger partial charge in [0.2, 0.25) is 0 Å². The largest absolute Gasteiger partial charge is 0.477 e. The molecule has 1 fully saturated rings. The second kappa shape index (κ2) is 4.96. The SMILES string of the molecule is CC1C=CC2(C)C/C(=C(/N)C(=O)O)N(N)C3(C)C(F)=CC(C)C1=C23. The number of nitrogens with two attached hydrogens (primary N) is 2. The van der Waals surface area contributed by atoms with E-state index in [-0.39, 0.29) is 29.1 Å². The van der Waals surface area contributed by atoms with E-state index in [1.54, 1.807) is 13.0 Å². The van der Waals surface area contributed by atoms with Crippen molar-refractivity contribution in [3.63, 3.8) is 0 Å². The Morgan fingerprint density at radius 1 is 1.38 bits per heavy atom. The Labute approximate surface area is 141 Å². The standard InChI is InChI=1S/C18H24FN3O2/c1-9-5-6-17(3)8-11(14(20)16(23)24)22(21)18(4)12(19)7-10(2)13(9)15(17)18/h5-7,9-10H,8,20-21H2,1-4H3,(H,23,24)/b14-11-. The van der Waals surface area contributed by atoms with Crippen LogP contribution in [-0.4, -0.2) is 21.6 Å². The van der Waals surface area contributed by atoms with Gasteiger partial charge in [-0.2, -0.15) is 0 Å². The van der Waals surface area contributed by atoms with Gasteiger partial charge in [-0.1, -0.05) is 38.5 Å². The number of halogens is 1. The first kappa shape index (κ1) is 16.8. The average Bonchev–Trinajstić information content (AvgIpc) is 2.50. The fourth-order valence-corrected chi connectivity index (χ4v) is 4.61. The molecular weight excluding hydrogens is 309 g/mol. The quantitative estimate of drug-likeness (QED) is 0.390. The molecule has 0 aromatic carbocycles. The fraction of sp³-hybridized carbons (Fsp3) is 0.500. The van der Waals surface area contributed by atoms with E-state index in [1.807, 2.05) is 19.9 Å². The van der Waals surface area contributed by atoms with E-state index in [0.29, 0.717) is 6.42 Å². The van der Waals surface area contributed by atoms with Crippen molar-refractivity contribution in [1.29, 1.82) is 0 Å². The molecular formula is C18H24FN3O2. The molecule has 0 radical (unpaired) electrons. The molecule has 0 aromatic heterocycles. The van der Waals surface area contributed by atoms with Gasteiger partial charge in [-0.15, -0.1) is 0 Å². The zero-order valence-corrected chi connectivity index (χ0v) is 14.4. The first-order valence-electron chi connectivity index (χ1n) is 8.13. The highest BCUT2D eigenvalue weighted by atomic mass is 19.1. The Balaban J connectivity index is 2.33. The van der Waals surface area contributed by atoms with Crippen LogP contribution in [0, 0.1) is 17.3 Å². The monoisotopic (exact) mass is 333 g/mol. The minimum absolute atomic E-state index is 0.0249. The van der Waals surface area contributed by atoms with E-state index in [0.717, 1.165) is 11.1 Å². The van der Waals surface area contributed by atoms with Crippen molar-refractivity contribution >= 4 is 5.97 Å². The fourth-order valence-electron chi connectivity index (χ4n) is 4.61. The van der Waals surface area contributed by atoms with E-state index in [9.17, 15) is 9.90 Å². The molecule has 24 heavy (non-hydrogen) atoms. The molecule has 5 N–H and O–H groups in total. The van der Waals surface area contributed by atoms with E-state index in [1.165, 1.54) is 5.01 Å². The van der Waals surface area contributed by atoms with Crippen molar-refractivity contribution in [3.05, 3.63) is 46.6 Å². The summed E-state index contributed by atoms with van der Waals surface area (Å²) in [5.74, 6) is 4.79. The van der Waals surface area contributed by atoms with Gasteiger partial charge >= 0.3 is 5.97 Å². The van der Waals surface area contributed by atoms with Gasteiger partial charge in [-0.3, -0.25) is 5.01 Å². The number of aliphatic carboxylic acids is 1. The van der Waals surface area contributed by atoms with Crippen molar-refractivity contribution in [3.8, 4) is 0 Å². The van der Waals surface area contributed by atoms with Crippen molar-refractivity contribution in [2.24, 2.45) is 28.8 Å². The zero-order chi connectivity index (χ0) is 18.0. The van der Waals surface area contributed by atoms with Gasteiger partial charge in [0.1, 0.15) is 17.1 Å². The van der Waals surface area contributed by atoms with Gasteiger partial charge in [0.05, 0.1) is 5.70 Å². The summed E-state index contributed by atoms with van der Waals surface area (Å²) in [5, 5.41) is 10.5. The molecule has 0 spiro atoms. The third kappa shape index (κ3) is 1.92. The molecule has 6 heteroatoms. The van der Waals surface area contributed by atoms with Gasteiger partial charge < -0.3 is 10.8 Å². The third-order valence-electron chi connectivity index (χ3n) is 5.79. The second-order valence-corrected chi connectivity index (χ2v) is 7.48. The van der Waals surface area contributed by atoms with Gasteiger partial charge in [0.15, 0.2) is 0 Å². The van der Waals surface area contributed by atoms with Crippen LogP contribution in [0.3, 0.4) is 0 Å². The molecule has 2 aliphatic carbocycles. The van der Waals surface area contributed by atoms with Crippen LogP contribution in [0.15, 0.2) is 46.6 Å². The van der Waals surface area contributed by atoms with E-state index in [2.05, 4.69) is 13.0 Å². The Bertz CT molecular complexity index is 751. The lowest BCUT2D eigenvalue weighted by atomic mass is 9.57. The number of piperidine rings is 1. The smallest absolute Gasteiger partial charge is 0.353 e. The number of carbonyl (C=O) groups is 1. The Morgan fingerprint density at radius 3 is 2.58 bits per heavy atom. The molecule has 3 aliphatic rings. The zero-order valence-electron chi connectivity index (χ0n) is 14.4. The molecule has 3 rings (SSSR count). The van der Waals surface area contributed by atoms with Crippen molar-refractivity contribution in [2.75, 3.05) is 0 Å². The molecule has 5 nitrogen and oxygen atoms in total. The van der Waals surface area contributed by atoms with Crippen molar-refractivity contribution in [1.82, 2.24) is 5.01 Å². The highest BCUT2D eigenvalue weighted by Crippen LogP contribution is 2.59. The maximum Gasteiger partial charge on any atom is 0.353 e. The minimum atomic E-state index is -1.25. The van der Waals surface area contributed by atoms with Crippen molar-refractivity contribution in [2.45, 2.75) is 39.7 Å². The number of carboxylic acids is 1. The molecule has 1 heterocycles. The number of allylic oxidation sites excluding steroid dienone is 5. The first-order chi connectivity index (χ1) is 11.0. The maximum atomic E-state index is 15.1. The second-order valence-electron chi connectivity index (χ2n) is 7.48. The average molecular weight is 333 g/mol. The predicted molar refractivity (Wildman–Crippen MR) is 89.7 cm³/mol. The van der Waals surface area contributed by atoms with E-state index < -0.39 is 16.9 Å². The highest BCUT2D eigenvalue weighted by Gasteiger charge is 2.56. The van der Waals surface area contributed by atoms with Gasteiger partial charge in [-0.05, 0) is 30.4 Å². The van der Waals surface area contributed by atoms with Crippen LogP contribution in [0.1, 0.15) is 34.1 Å². The molecule has 4 unspecified atom stereocenters. The predicted octanol–water partition coefficient (Wildman–Crippen LogP) is 2.59. The van der Waals surface area contributed by atoms with Crippen molar-refractivity contribution < 1.29 is 14.3 Å². The van der Waals surface area contributed by atoms with Gasteiger partial charge in [0.25, 0.3) is 0 Å². The molecule has 130 valence electrons. The Kier molecular flexibility index (Phi) is 3.46. The summed E-state index contributed by atoms with van der Waals surface area (Å²) in [6.07, 6.45) is 6.06. The minimum Gasteiger partial charge on any atom is -0.477 e. The van der Waals surface area contributed by atoms with Crippen LogP contribution in [0.5, 0.6) is 0 Å². The summed E-state index contributed by atoms with van der Waals surface area (Å²) in [6.45, 7) is 7.77. The molecule has 4 atom stereocenters. The van der Waals surface area contributed by atoms with Crippen LogP contribution >= 0.6 is 0 Å². The summed E-state index contributed by atoms with van der Waals surface area (Å²) < 4.78 is 15.1. The highest BCUT2D eigenvalue weighted by molar-refractivity contribution is 5.86. The number of hydrogen-bond donors (Lipinski definition) is 3. The first-order valence-corrected chi connectivity index (χ1v) is 8.13. The Morgan fingerprint density at radius 2 is 2.00 bits per heavy atom. The van der Waals surface area contributed by atoms with Crippen LogP contribution in [0.25, 0.3) is 0 Å². The summed E-state index contributed by atoms with van der Waals surface area (Å²) in [4.78, 5) is 11.4. The Hall–Kier alpha value is -2.08. The molecule has 0 bridgehead atoms. The third-order valence-corrected chi connectivity index (χ3v) is 5.79. The number of hydrogen-bond acceptors (Lipinski definition) is 4. The van der Waals surface area contributed by atoms with Crippen LogP contribution in [-0.2, 0) is 4.79 Å². The summed E-state index contributed by atoms with van der Waals surface area (Å²) in [6, 6.07) is 0. The number of rotatable bonds is 1. The lowest BCUT2D eigenvalue weighted by molar-refractivity contribution is -0.133. The normalized spacial score (nSPS) is 40.2. The number of carboxylic acid groups (broad SMARTS) is 1. The summed E-state index contributed by atoms with van der Waals surface area (Å²) >= 11 is 0. The van der Waals surface area contributed by atoms with E-state index in [4.69, 9.17) is 11.6 Å². The topological polar surface area (TPSA) is 92.6 Å². The van der Waals surface area contributed by atoms with Gasteiger partial charge in [0, 0.05) is 11.8 Å². The van der Waals surface area contributed by atoms with Crippen LogP contribution < -0.4 is 11.6 Å². The molecule has 0 aromatic rings. The van der Waals surface area contributed by atoms with Gasteiger partial charge in [-0.25, -0.2) is 15.0 Å². The summed E-state index contributed by atoms with van der Waals surface area (Å²) in [5.41, 5.74) is 6.05. The van der Waals surface area contributed by atoms with Crippen LogP contribution in [0.4, 0.5) is 4.39 Å². The molecule has 1 saturated heterocycles. The van der Waals surface area contributed by atoms with Crippen LogP contribution in [0.2, 0.25) is 0 Å². The molecule has 1 aliphatic heterocycles. The lowest BCUT2D eigenvalue weighted by Crippen LogP contribution is -2.61. The summed E-state index contributed by atoms with van der Waals surface area (Å²) in [7, 11) is 0. The number of nitrogens with zero attached hydrogens (tertiary/aromatic N) is 1. The maximum absolute atomic E-state index is 15.1. The molecule has 0 amide bonds. The number of hydrazine groups is 1. The molecule has 0 saturated carbocycles. The van der Waals surface area contributed by atoms with E-state index >= 15 is 4.39 Å².